The first-order chi connectivity index (χ1) is 6.66. The van der Waals surface area contributed by atoms with Crippen LogP contribution in [0.1, 0.15) is 32.6 Å². The van der Waals surface area contributed by atoms with Crippen LogP contribution in [0.5, 0.6) is 0 Å². The number of nitrogens with two attached hydrogens (primary N) is 1. The van der Waals surface area contributed by atoms with Crippen LogP contribution >= 0.6 is 0 Å². The highest BCUT2D eigenvalue weighted by molar-refractivity contribution is 5.76. The van der Waals surface area contributed by atoms with Crippen molar-refractivity contribution >= 4 is 5.91 Å². The smallest absolute Gasteiger partial charge is 0.221 e. The molecular formula is C10H22N2O2. The summed E-state index contributed by atoms with van der Waals surface area (Å²) in [6.45, 7) is 3.38. The van der Waals surface area contributed by atoms with Gasteiger partial charge < -0.3 is 15.8 Å². The van der Waals surface area contributed by atoms with Gasteiger partial charge in [-0.1, -0.05) is 0 Å². The van der Waals surface area contributed by atoms with Gasteiger partial charge in [-0.3, -0.25) is 4.79 Å². The number of carbonyl (C=O) groups excluding carboxylic acids is 1. The van der Waals surface area contributed by atoms with Crippen LogP contribution in [0.3, 0.4) is 0 Å². The molecule has 0 aromatic heterocycles. The molecule has 4 nitrogen and oxygen atoms in total. The van der Waals surface area contributed by atoms with Gasteiger partial charge in [-0.15, -0.1) is 0 Å². The Labute approximate surface area is 86.2 Å². The Kier molecular flexibility index (Phi) is 8.57. The number of hydrogen-bond donors (Lipinski definition) is 2. The maximum atomic E-state index is 11.1. The van der Waals surface area contributed by atoms with Gasteiger partial charge in [0.2, 0.25) is 5.91 Å². The molecule has 0 aliphatic carbocycles. The van der Waals surface area contributed by atoms with Crippen LogP contribution in [0.4, 0.5) is 0 Å². The lowest BCUT2D eigenvalue weighted by Crippen LogP contribution is -2.30. The van der Waals surface area contributed by atoms with E-state index in [1.807, 2.05) is 6.92 Å². The molecule has 1 amide bonds. The van der Waals surface area contributed by atoms with Crippen molar-refractivity contribution in [2.24, 2.45) is 5.73 Å². The first-order valence-corrected chi connectivity index (χ1v) is 5.18. The number of nitrogens with one attached hydrogen (secondary N) is 1. The zero-order valence-corrected chi connectivity index (χ0v) is 9.21. The van der Waals surface area contributed by atoms with Crippen LogP contribution in [0.25, 0.3) is 0 Å². The Hall–Kier alpha value is -0.610. The number of amides is 1. The summed E-state index contributed by atoms with van der Waals surface area (Å²) in [7, 11) is 1.70. The van der Waals surface area contributed by atoms with E-state index in [-0.39, 0.29) is 11.9 Å². The van der Waals surface area contributed by atoms with Crippen molar-refractivity contribution in [3.05, 3.63) is 0 Å². The fourth-order valence-corrected chi connectivity index (χ4v) is 1.14. The van der Waals surface area contributed by atoms with Gasteiger partial charge in [-0.05, 0) is 26.2 Å². The van der Waals surface area contributed by atoms with E-state index in [1.54, 1.807) is 7.11 Å². The number of rotatable bonds is 8. The standard InChI is InChI=1S/C10H22N2O2/c1-9(11)8-10(13)12-6-4-3-5-7-14-2/h9H,3-8,11H2,1-2H3,(H,12,13). The topological polar surface area (TPSA) is 64.3 Å². The van der Waals surface area contributed by atoms with Crippen molar-refractivity contribution in [1.82, 2.24) is 5.32 Å². The van der Waals surface area contributed by atoms with Crippen LogP contribution in [0.2, 0.25) is 0 Å². The lowest BCUT2D eigenvalue weighted by atomic mass is 10.2. The van der Waals surface area contributed by atoms with Gasteiger partial charge in [0.1, 0.15) is 0 Å². The average Bonchev–Trinajstić information content (AvgIpc) is 2.10. The first-order valence-electron chi connectivity index (χ1n) is 5.18. The monoisotopic (exact) mass is 202 g/mol. The van der Waals surface area contributed by atoms with Gasteiger partial charge in [0, 0.05) is 32.7 Å². The Morgan fingerprint density at radius 2 is 2.14 bits per heavy atom. The Bertz CT molecular complexity index is 149. The highest BCUT2D eigenvalue weighted by atomic mass is 16.5. The molecule has 0 aliphatic rings. The van der Waals surface area contributed by atoms with E-state index in [4.69, 9.17) is 10.5 Å². The molecule has 4 heteroatoms. The van der Waals surface area contributed by atoms with Gasteiger partial charge in [0.05, 0.1) is 0 Å². The van der Waals surface area contributed by atoms with Crippen LogP contribution in [-0.4, -0.2) is 32.2 Å². The van der Waals surface area contributed by atoms with Crippen LogP contribution in [0.15, 0.2) is 0 Å². The van der Waals surface area contributed by atoms with E-state index in [0.29, 0.717) is 6.42 Å². The second-order valence-electron chi connectivity index (χ2n) is 3.58. The quantitative estimate of drug-likeness (QED) is 0.568. The van der Waals surface area contributed by atoms with E-state index in [9.17, 15) is 4.79 Å². The second kappa shape index (κ2) is 8.97. The number of unbranched alkanes of at least 4 members (excludes halogenated alkanes) is 2. The minimum Gasteiger partial charge on any atom is -0.385 e. The summed E-state index contributed by atoms with van der Waals surface area (Å²) >= 11 is 0. The lowest BCUT2D eigenvalue weighted by molar-refractivity contribution is -0.121. The summed E-state index contributed by atoms with van der Waals surface area (Å²) in [6, 6.07) is -0.0523. The van der Waals surface area contributed by atoms with Gasteiger partial charge in [-0.25, -0.2) is 0 Å². The lowest BCUT2D eigenvalue weighted by Gasteiger charge is -2.06. The normalized spacial score (nSPS) is 12.5. The number of methoxy groups -OCH3 is 1. The number of carbonyl (C=O) groups is 1. The largest absolute Gasteiger partial charge is 0.385 e. The number of hydrogen-bond acceptors (Lipinski definition) is 3. The number of ether oxygens (including phenoxy) is 1. The summed E-state index contributed by atoms with van der Waals surface area (Å²) in [5.74, 6) is 0.0479. The molecular weight excluding hydrogens is 180 g/mol. The fraction of sp³-hybridized carbons (Fsp3) is 0.900. The maximum Gasteiger partial charge on any atom is 0.221 e. The Morgan fingerprint density at radius 3 is 2.71 bits per heavy atom. The van der Waals surface area contributed by atoms with Crippen LogP contribution in [0, 0.1) is 0 Å². The summed E-state index contributed by atoms with van der Waals surface area (Å²) in [4.78, 5) is 11.1. The van der Waals surface area contributed by atoms with E-state index in [2.05, 4.69) is 5.32 Å². The summed E-state index contributed by atoms with van der Waals surface area (Å²) < 4.78 is 4.92. The maximum absolute atomic E-state index is 11.1. The van der Waals surface area contributed by atoms with Crippen molar-refractivity contribution in [3.63, 3.8) is 0 Å². The molecule has 0 spiro atoms. The molecule has 0 aliphatic heterocycles. The molecule has 84 valence electrons. The molecule has 1 unspecified atom stereocenters. The third kappa shape index (κ3) is 9.48. The summed E-state index contributed by atoms with van der Waals surface area (Å²) in [5, 5.41) is 2.83. The van der Waals surface area contributed by atoms with Gasteiger partial charge in [-0.2, -0.15) is 0 Å². The first kappa shape index (κ1) is 13.4. The molecule has 0 bridgehead atoms. The van der Waals surface area contributed by atoms with E-state index < -0.39 is 0 Å². The Balaban J connectivity index is 3.15. The van der Waals surface area contributed by atoms with Crippen molar-refractivity contribution in [3.8, 4) is 0 Å². The van der Waals surface area contributed by atoms with Gasteiger partial charge in [0.15, 0.2) is 0 Å². The van der Waals surface area contributed by atoms with E-state index >= 15 is 0 Å². The van der Waals surface area contributed by atoms with E-state index in [1.165, 1.54) is 0 Å². The molecule has 0 rings (SSSR count). The third-order valence-corrected chi connectivity index (χ3v) is 1.85. The zero-order valence-electron chi connectivity index (χ0n) is 9.21. The second-order valence-corrected chi connectivity index (χ2v) is 3.58. The molecule has 14 heavy (non-hydrogen) atoms. The fourth-order valence-electron chi connectivity index (χ4n) is 1.14. The highest BCUT2D eigenvalue weighted by Gasteiger charge is 2.02. The van der Waals surface area contributed by atoms with Gasteiger partial charge >= 0.3 is 0 Å². The molecule has 3 N–H and O–H groups in total. The van der Waals surface area contributed by atoms with Crippen LogP contribution in [-0.2, 0) is 9.53 Å². The predicted molar refractivity (Wildman–Crippen MR) is 57.0 cm³/mol. The third-order valence-electron chi connectivity index (χ3n) is 1.85. The molecule has 0 radical (unpaired) electrons. The predicted octanol–water partition coefficient (Wildman–Crippen LogP) is 0.657. The Morgan fingerprint density at radius 1 is 1.43 bits per heavy atom. The summed E-state index contributed by atoms with van der Waals surface area (Å²) in [5.41, 5.74) is 5.49. The van der Waals surface area contributed by atoms with Crippen molar-refractivity contribution in [2.75, 3.05) is 20.3 Å². The highest BCUT2D eigenvalue weighted by Crippen LogP contribution is 1.94. The SMILES string of the molecule is COCCCCCNC(=O)CC(C)N. The minimum atomic E-state index is -0.0523. The minimum absolute atomic E-state index is 0.0479. The molecule has 0 heterocycles. The molecule has 0 fully saturated rings. The van der Waals surface area contributed by atoms with Gasteiger partial charge in [0.25, 0.3) is 0 Å². The van der Waals surface area contributed by atoms with Crippen LogP contribution < -0.4 is 11.1 Å². The summed E-state index contributed by atoms with van der Waals surface area (Å²) in [6.07, 6.45) is 3.57. The molecule has 0 aromatic carbocycles. The molecule has 0 aromatic rings. The molecule has 0 saturated heterocycles. The van der Waals surface area contributed by atoms with Crippen molar-refractivity contribution < 1.29 is 9.53 Å². The zero-order chi connectivity index (χ0) is 10.8. The average molecular weight is 202 g/mol. The van der Waals surface area contributed by atoms with Crippen molar-refractivity contribution in [1.29, 1.82) is 0 Å². The molecule has 1 atom stereocenters. The van der Waals surface area contributed by atoms with E-state index in [0.717, 1.165) is 32.4 Å². The molecule has 0 saturated carbocycles. The van der Waals surface area contributed by atoms with Crippen molar-refractivity contribution in [2.45, 2.75) is 38.6 Å².